The van der Waals surface area contributed by atoms with Crippen LogP contribution in [0.4, 0.5) is 0 Å². The number of ether oxygens (including phenoxy) is 1. The summed E-state index contributed by atoms with van der Waals surface area (Å²) in [4.78, 5) is 23.4. The van der Waals surface area contributed by atoms with E-state index < -0.39 is 0 Å². The minimum absolute atomic E-state index is 0.0190. The van der Waals surface area contributed by atoms with E-state index in [1.165, 1.54) is 5.56 Å². The summed E-state index contributed by atoms with van der Waals surface area (Å²) in [5.74, 6) is 0.366. The van der Waals surface area contributed by atoms with Crippen LogP contribution in [0.25, 0.3) is 10.9 Å². The summed E-state index contributed by atoms with van der Waals surface area (Å²) >= 11 is 0. The maximum Gasteiger partial charge on any atom is 0.287 e. The third kappa shape index (κ3) is 2.88. The molecule has 0 spiro atoms. The molecule has 1 amide bonds. The van der Waals surface area contributed by atoms with Gasteiger partial charge in [-0.3, -0.25) is 9.78 Å². The van der Waals surface area contributed by atoms with E-state index in [-0.39, 0.29) is 17.9 Å². The molecule has 1 fully saturated rings. The molecule has 3 aromatic rings. The molecular formula is C18H18N4O2. The number of amides is 1. The van der Waals surface area contributed by atoms with Gasteiger partial charge in [0.15, 0.2) is 5.82 Å². The number of para-hydroxylation sites is 1. The Morgan fingerprint density at radius 2 is 2.12 bits per heavy atom. The number of pyridine rings is 1. The van der Waals surface area contributed by atoms with Crippen molar-refractivity contribution in [1.29, 1.82) is 0 Å². The standard InChI is InChI=1S/C18H18N4O2/c23-18(17-20-7-8-21-17)22-16-11-24-10-13(16)9-12-5-6-19-15-4-2-1-3-14(12)15/h1-8,13,16H,9-11H2,(H,20,21)(H,22,23)/t13-,16-/m1/s1. The van der Waals surface area contributed by atoms with Crippen LogP contribution in [-0.2, 0) is 11.2 Å². The van der Waals surface area contributed by atoms with E-state index in [0.29, 0.717) is 19.0 Å². The number of nitrogens with one attached hydrogen (secondary N) is 2. The number of fused-ring (bicyclic) bond motifs is 1. The van der Waals surface area contributed by atoms with Crippen molar-refractivity contribution in [2.45, 2.75) is 12.5 Å². The second-order valence-corrected chi connectivity index (χ2v) is 6.01. The van der Waals surface area contributed by atoms with Crippen LogP contribution in [0, 0.1) is 5.92 Å². The highest BCUT2D eigenvalue weighted by Gasteiger charge is 2.30. The quantitative estimate of drug-likeness (QED) is 0.769. The number of H-pyrrole nitrogens is 1. The Hall–Kier alpha value is -2.73. The summed E-state index contributed by atoms with van der Waals surface area (Å²) in [5.41, 5.74) is 2.22. The number of hydrogen-bond donors (Lipinski definition) is 2. The number of hydrogen-bond acceptors (Lipinski definition) is 4. The zero-order valence-corrected chi connectivity index (χ0v) is 13.1. The second-order valence-electron chi connectivity index (χ2n) is 6.01. The van der Waals surface area contributed by atoms with E-state index >= 15 is 0 Å². The third-order valence-corrected chi connectivity index (χ3v) is 4.45. The van der Waals surface area contributed by atoms with Crippen molar-refractivity contribution in [3.05, 3.63) is 60.3 Å². The molecular weight excluding hydrogens is 304 g/mol. The highest BCUT2D eigenvalue weighted by molar-refractivity contribution is 5.90. The summed E-state index contributed by atoms with van der Waals surface area (Å²) in [5, 5.41) is 4.18. The fraction of sp³-hybridized carbons (Fsp3) is 0.278. The van der Waals surface area contributed by atoms with Crippen LogP contribution >= 0.6 is 0 Å². The summed E-state index contributed by atoms with van der Waals surface area (Å²) in [6, 6.07) is 10.1. The molecule has 4 rings (SSSR count). The summed E-state index contributed by atoms with van der Waals surface area (Å²) in [6.07, 6.45) is 5.89. The third-order valence-electron chi connectivity index (χ3n) is 4.45. The molecule has 0 aliphatic carbocycles. The van der Waals surface area contributed by atoms with Crippen molar-refractivity contribution in [2.24, 2.45) is 5.92 Å². The molecule has 1 saturated heterocycles. The SMILES string of the molecule is O=C(N[C@@H]1COC[C@H]1Cc1ccnc2ccccc12)c1ncc[nH]1. The molecule has 0 saturated carbocycles. The highest BCUT2D eigenvalue weighted by atomic mass is 16.5. The molecule has 2 aromatic heterocycles. The fourth-order valence-corrected chi connectivity index (χ4v) is 3.20. The first-order valence-electron chi connectivity index (χ1n) is 8.02. The molecule has 0 unspecified atom stereocenters. The number of imidazole rings is 1. The Balaban J connectivity index is 1.51. The topological polar surface area (TPSA) is 79.9 Å². The summed E-state index contributed by atoms with van der Waals surface area (Å²) in [6.45, 7) is 1.17. The first kappa shape index (κ1) is 14.8. The smallest absolute Gasteiger partial charge is 0.287 e. The number of benzene rings is 1. The molecule has 1 aliphatic heterocycles. The molecule has 1 aromatic carbocycles. The van der Waals surface area contributed by atoms with Gasteiger partial charge in [-0.05, 0) is 24.1 Å². The van der Waals surface area contributed by atoms with E-state index in [0.717, 1.165) is 17.3 Å². The van der Waals surface area contributed by atoms with Crippen LogP contribution in [-0.4, -0.2) is 40.1 Å². The average molecular weight is 322 g/mol. The Bertz CT molecular complexity index is 842. The van der Waals surface area contributed by atoms with Gasteiger partial charge in [0.2, 0.25) is 0 Å². The molecule has 6 heteroatoms. The maximum atomic E-state index is 12.2. The average Bonchev–Trinajstić information content (AvgIpc) is 3.28. The fourth-order valence-electron chi connectivity index (χ4n) is 3.20. The van der Waals surface area contributed by atoms with E-state index in [9.17, 15) is 4.79 Å². The van der Waals surface area contributed by atoms with Gasteiger partial charge in [0.1, 0.15) is 0 Å². The molecule has 0 bridgehead atoms. The molecule has 0 radical (unpaired) electrons. The predicted molar refractivity (Wildman–Crippen MR) is 89.6 cm³/mol. The van der Waals surface area contributed by atoms with Gasteiger partial charge in [-0.1, -0.05) is 18.2 Å². The molecule has 3 heterocycles. The number of carbonyl (C=O) groups excluding carboxylic acids is 1. The van der Waals surface area contributed by atoms with Gasteiger partial charge < -0.3 is 15.0 Å². The van der Waals surface area contributed by atoms with Crippen LogP contribution in [0.5, 0.6) is 0 Å². The Morgan fingerprint density at radius 1 is 1.21 bits per heavy atom. The molecule has 24 heavy (non-hydrogen) atoms. The van der Waals surface area contributed by atoms with Crippen LogP contribution in [0.1, 0.15) is 16.2 Å². The lowest BCUT2D eigenvalue weighted by Crippen LogP contribution is -2.41. The number of nitrogens with zero attached hydrogens (tertiary/aromatic N) is 2. The first-order valence-corrected chi connectivity index (χ1v) is 8.02. The molecule has 6 nitrogen and oxygen atoms in total. The van der Waals surface area contributed by atoms with Crippen molar-refractivity contribution >= 4 is 16.8 Å². The largest absolute Gasteiger partial charge is 0.379 e. The summed E-state index contributed by atoms with van der Waals surface area (Å²) < 4.78 is 5.61. The van der Waals surface area contributed by atoms with Crippen LogP contribution in [0.15, 0.2) is 48.9 Å². The number of aromatic amines is 1. The lowest BCUT2D eigenvalue weighted by molar-refractivity contribution is 0.0915. The van der Waals surface area contributed by atoms with E-state index in [1.807, 2.05) is 30.5 Å². The van der Waals surface area contributed by atoms with Gasteiger partial charge in [-0.2, -0.15) is 0 Å². The lowest BCUT2D eigenvalue weighted by Gasteiger charge is -2.19. The van der Waals surface area contributed by atoms with E-state index in [1.54, 1.807) is 12.4 Å². The lowest BCUT2D eigenvalue weighted by atomic mass is 9.93. The van der Waals surface area contributed by atoms with Crippen molar-refractivity contribution in [3.63, 3.8) is 0 Å². The van der Waals surface area contributed by atoms with Gasteiger partial charge >= 0.3 is 0 Å². The zero-order valence-electron chi connectivity index (χ0n) is 13.1. The zero-order chi connectivity index (χ0) is 16.4. The number of rotatable bonds is 4. The van der Waals surface area contributed by atoms with E-state index in [2.05, 4.69) is 26.3 Å². The minimum atomic E-state index is -0.194. The second kappa shape index (κ2) is 6.41. The van der Waals surface area contributed by atoms with E-state index in [4.69, 9.17) is 4.74 Å². The van der Waals surface area contributed by atoms with Crippen LogP contribution in [0.3, 0.4) is 0 Å². The maximum absolute atomic E-state index is 12.2. The first-order chi connectivity index (χ1) is 11.8. The van der Waals surface area contributed by atoms with Gasteiger partial charge in [0.05, 0.1) is 24.8 Å². The number of carbonyl (C=O) groups is 1. The Morgan fingerprint density at radius 3 is 3.00 bits per heavy atom. The van der Waals surface area contributed by atoms with Gasteiger partial charge in [-0.15, -0.1) is 0 Å². The van der Waals surface area contributed by atoms with Crippen molar-refractivity contribution in [3.8, 4) is 0 Å². The van der Waals surface area contributed by atoms with Crippen molar-refractivity contribution in [1.82, 2.24) is 20.3 Å². The Labute approximate surface area is 139 Å². The Kier molecular flexibility index (Phi) is 3.96. The molecule has 2 N–H and O–H groups in total. The van der Waals surface area contributed by atoms with Crippen LogP contribution in [0.2, 0.25) is 0 Å². The highest BCUT2D eigenvalue weighted by Crippen LogP contribution is 2.24. The van der Waals surface area contributed by atoms with Gasteiger partial charge in [0.25, 0.3) is 5.91 Å². The van der Waals surface area contributed by atoms with Gasteiger partial charge in [-0.25, -0.2) is 4.98 Å². The monoisotopic (exact) mass is 322 g/mol. The number of aromatic nitrogens is 3. The molecule has 122 valence electrons. The van der Waals surface area contributed by atoms with Crippen LogP contribution < -0.4 is 5.32 Å². The van der Waals surface area contributed by atoms with Gasteiger partial charge in [0, 0.05) is 29.9 Å². The molecule has 1 aliphatic rings. The normalized spacial score (nSPS) is 20.3. The summed E-state index contributed by atoms with van der Waals surface area (Å²) in [7, 11) is 0. The predicted octanol–water partition coefficient (Wildman–Crippen LogP) is 1.95. The van der Waals surface area contributed by atoms with Crippen molar-refractivity contribution in [2.75, 3.05) is 13.2 Å². The molecule has 2 atom stereocenters. The van der Waals surface area contributed by atoms with Crippen molar-refractivity contribution < 1.29 is 9.53 Å². The minimum Gasteiger partial charge on any atom is -0.379 e.